The Kier molecular flexibility index (Phi) is 3.98. The number of hydrogen-bond acceptors (Lipinski definition) is 2. The molecule has 1 aromatic carbocycles. The minimum Gasteiger partial charge on any atom is -0.399 e. The number of rotatable bonds is 5. The zero-order valence-corrected chi connectivity index (χ0v) is 9.22. The number of nitrogens with one attached hydrogen (secondary N) is 1. The highest BCUT2D eigenvalue weighted by atomic mass is 14.9. The first-order valence-electron chi connectivity index (χ1n) is 5.02. The highest BCUT2D eigenvalue weighted by Gasteiger charge is 1.97. The summed E-state index contributed by atoms with van der Waals surface area (Å²) in [5.41, 5.74) is 9.55. The Morgan fingerprint density at radius 1 is 1.27 bits per heavy atom. The lowest BCUT2D eigenvalue weighted by Gasteiger charge is -2.09. The van der Waals surface area contributed by atoms with Crippen LogP contribution in [0.1, 0.15) is 18.9 Å². The van der Waals surface area contributed by atoms with Crippen molar-refractivity contribution >= 4 is 11.4 Å². The van der Waals surface area contributed by atoms with E-state index in [1.165, 1.54) is 5.57 Å². The van der Waals surface area contributed by atoms with Gasteiger partial charge in [-0.3, -0.25) is 0 Å². The third-order valence-electron chi connectivity index (χ3n) is 2.15. The van der Waals surface area contributed by atoms with Crippen molar-refractivity contribution in [3.8, 4) is 0 Å². The first-order valence-corrected chi connectivity index (χ1v) is 5.02. The van der Waals surface area contributed by atoms with Crippen LogP contribution in [0.4, 0.5) is 5.69 Å². The fourth-order valence-electron chi connectivity index (χ4n) is 1.21. The lowest BCUT2D eigenvalue weighted by molar-refractivity contribution is 0.842. The molecule has 0 atom stereocenters. The summed E-state index contributed by atoms with van der Waals surface area (Å²) in [7, 11) is 0. The molecule has 0 aliphatic rings. The van der Waals surface area contributed by atoms with Crippen molar-refractivity contribution < 1.29 is 0 Å². The Balaban J connectivity index is 2.47. The average Bonchev–Trinajstić information content (AvgIpc) is 2.18. The summed E-state index contributed by atoms with van der Waals surface area (Å²) in [4.78, 5) is 0. The third-order valence-corrected chi connectivity index (χ3v) is 2.15. The van der Waals surface area contributed by atoms with Crippen LogP contribution in [0, 0.1) is 0 Å². The van der Waals surface area contributed by atoms with E-state index >= 15 is 0 Å². The van der Waals surface area contributed by atoms with Crippen LogP contribution in [0.3, 0.4) is 0 Å². The van der Waals surface area contributed by atoms with E-state index in [9.17, 15) is 0 Å². The zero-order chi connectivity index (χ0) is 11.3. The number of hydrogen-bond donors (Lipinski definition) is 2. The molecule has 0 saturated heterocycles. The Labute approximate surface area is 91.5 Å². The fraction of sp³-hybridized carbons (Fsp3) is 0.231. The van der Waals surface area contributed by atoms with Gasteiger partial charge in [0.25, 0.3) is 0 Å². The summed E-state index contributed by atoms with van der Waals surface area (Å²) in [6.45, 7) is 10.7. The molecule has 0 heterocycles. The van der Waals surface area contributed by atoms with Crippen LogP contribution in [0.2, 0.25) is 0 Å². The summed E-state index contributed by atoms with van der Waals surface area (Å²) in [5.74, 6) is 0. The summed E-state index contributed by atoms with van der Waals surface area (Å²) in [6.07, 6.45) is 0.966. The Morgan fingerprint density at radius 2 is 1.87 bits per heavy atom. The number of nitrogens with two attached hydrogens (primary N) is 1. The predicted molar refractivity (Wildman–Crippen MR) is 67.3 cm³/mol. The third kappa shape index (κ3) is 3.90. The maximum absolute atomic E-state index is 5.60. The van der Waals surface area contributed by atoms with Crippen LogP contribution >= 0.6 is 0 Å². The molecule has 0 amide bonds. The monoisotopic (exact) mass is 202 g/mol. The molecule has 0 aromatic heterocycles. The number of benzene rings is 1. The maximum Gasteiger partial charge on any atom is 0.0340 e. The van der Waals surface area contributed by atoms with E-state index in [4.69, 9.17) is 5.73 Å². The fourth-order valence-corrected chi connectivity index (χ4v) is 1.21. The van der Waals surface area contributed by atoms with E-state index in [2.05, 4.69) is 18.5 Å². The first-order chi connectivity index (χ1) is 7.09. The van der Waals surface area contributed by atoms with Gasteiger partial charge in [0, 0.05) is 17.9 Å². The lowest BCUT2D eigenvalue weighted by Crippen LogP contribution is -2.13. The zero-order valence-electron chi connectivity index (χ0n) is 9.22. The van der Waals surface area contributed by atoms with E-state index in [0.29, 0.717) is 0 Å². The van der Waals surface area contributed by atoms with Gasteiger partial charge in [-0.2, -0.15) is 0 Å². The molecule has 1 rings (SSSR count). The van der Waals surface area contributed by atoms with Gasteiger partial charge in [-0.25, -0.2) is 0 Å². The van der Waals surface area contributed by atoms with Gasteiger partial charge in [-0.1, -0.05) is 24.3 Å². The second-order valence-electron chi connectivity index (χ2n) is 3.73. The minimum absolute atomic E-state index is 0.772. The van der Waals surface area contributed by atoms with E-state index < -0.39 is 0 Å². The van der Waals surface area contributed by atoms with Crippen LogP contribution in [0.5, 0.6) is 0 Å². The summed E-state index contributed by atoms with van der Waals surface area (Å²) >= 11 is 0. The lowest BCUT2D eigenvalue weighted by atomic mass is 10.1. The molecule has 0 bridgehead atoms. The van der Waals surface area contributed by atoms with Crippen molar-refractivity contribution in [1.82, 2.24) is 5.32 Å². The van der Waals surface area contributed by atoms with Crippen LogP contribution in [0.25, 0.3) is 5.70 Å². The molecule has 15 heavy (non-hydrogen) atoms. The molecule has 2 nitrogen and oxygen atoms in total. The number of nitrogen functional groups attached to an aromatic ring is 1. The molecule has 0 aliphatic carbocycles. The maximum atomic E-state index is 5.60. The summed E-state index contributed by atoms with van der Waals surface area (Å²) < 4.78 is 0. The second-order valence-corrected chi connectivity index (χ2v) is 3.73. The van der Waals surface area contributed by atoms with Crippen molar-refractivity contribution in [3.63, 3.8) is 0 Å². The quantitative estimate of drug-likeness (QED) is 0.569. The van der Waals surface area contributed by atoms with Crippen molar-refractivity contribution in [1.29, 1.82) is 0 Å². The Bertz CT molecular complexity index is 349. The van der Waals surface area contributed by atoms with Crippen molar-refractivity contribution in [2.45, 2.75) is 13.3 Å². The highest BCUT2D eigenvalue weighted by Crippen LogP contribution is 2.12. The molecule has 0 aliphatic heterocycles. The summed E-state index contributed by atoms with van der Waals surface area (Å²) in [5, 5.41) is 3.25. The molecular formula is C13H18N2. The molecule has 1 aromatic rings. The van der Waals surface area contributed by atoms with Crippen molar-refractivity contribution in [3.05, 3.63) is 48.6 Å². The van der Waals surface area contributed by atoms with Gasteiger partial charge in [0.15, 0.2) is 0 Å². The van der Waals surface area contributed by atoms with Gasteiger partial charge in [-0.05, 0) is 31.0 Å². The predicted octanol–water partition coefficient (Wildman–Crippen LogP) is 2.80. The van der Waals surface area contributed by atoms with Gasteiger partial charge in [-0.15, -0.1) is 6.58 Å². The van der Waals surface area contributed by atoms with Crippen LogP contribution < -0.4 is 11.1 Å². The SMILES string of the molecule is C=C(C)CCNC(=C)c1ccc(N)cc1. The number of anilines is 1. The smallest absolute Gasteiger partial charge is 0.0340 e. The molecule has 2 heteroatoms. The Morgan fingerprint density at radius 3 is 2.40 bits per heavy atom. The molecule has 0 fully saturated rings. The van der Waals surface area contributed by atoms with Gasteiger partial charge in [0.1, 0.15) is 0 Å². The second kappa shape index (κ2) is 5.25. The topological polar surface area (TPSA) is 38.0 Å². The summed E-state index contributed by atoms with van der Waals surface area (Å²) in [6, 6.07) is 7.68. The van der Waals surface area contributed by atoms with Gasteiger partial charge < -0.3 is 11.1 Å². The van der Waals surface area contributed by atoms with E-state index in [1.807, 2.05) is 31.2 Å². The van der Waals surface area contributed by atoms with Crippen molar-refractivity contribution in [2.24, 2.45) is 0 Å². The van der Waals surface area contributed by atoms with E-state index in [-0.39, 0.29) is 0 Å². The van der Waals surface area contributed by atoms with Crippen molar-refractivity contribution in [2.75, 3.05) is 12.3 Å². The van der Waals surface area contributed by atoms with Crippen LogP contribution in [-0.2, 0) is 0 Å². The van der Waals surface area contributed by atoms with Crippen LogP contribution in [0.15, 0.2) is 43.0 Å². The molecule has 0 unspecified atom stereocenters. The minimum atomic E-state index is 0.772. The highest BCUT2D eigenvalue weighted by molar-refractivity contribution is 5.63. The van der Waals surface area contributed by atoms with Crippen LogP contribution in [-0.4, -0.2) is 6.54 Å². The normalized spacial score (nSPS) is 9.67. The standard InChI is InChI=1S/C13H18N2/c1-10(2)8-9-15-11(3)12-4-6-13(14)7-5-12/h4-7,15H,1,3,8-9,14H2,2H3. The molecular weight excluding hydrogens is 184 g/mol. The largest absolute Gasteiger partial charge is 0.399 e. The first kappa shape index (κ1) is 11.4. The van der Waals surface area contributed by atoms with Gasteiger partial charge in [0.2, 0.25) is 0 Å². The van der Waals surface area contributed by atoms with E-state index in [1.54, 1.807) is 0 Å². The van der Waals surface area contributed by atoms with Gasteiger partial charge >= 0.3 is 0 Å². The Hall–Kier alpha value is -1.70. The van der Waals surface area contributed by atoms with Gasteiger partial charge in [0.05, 0.1) is 0 Å². The van der Waals surface area contributed by atoms with E-state index in [0.717, 1.165) is 29.9 Å². The molecule has 0 spiro atoms. The molecule has 3 N–H and O–H groups in total. The molecule has 0 saturated carbocycles. The average molecular weight is 202 g/mol. The molecule has 80 valence electrons. The molecule has 0 radical (unpaired) electrons.